The van der Waals surface area contributed by atoms with Gasteiger partial charge in [-0.2, -0.15) is 0 Å². The van der Waals surface area contributed by atoms with Crippen LogP contribution in [-0.2, 0) is 13.0 Å². The van der Waals surface area contributed by atoms with Crippen molar-refractivity contribution in [3.05, 3.63) is 53.6 Å². The normalized spacial score (nSPS) is 18.7. The van der Waals surface area contributed by atoms with Crippen molar-refractivity contribution in [3.63, 3.8) is 0 Å². The molecule has 2 aliphatic rings. The molecule has 0 radical (unpaired) electrons. The molecule has 0 aromatic heterocycles. The number of aliphatic hydroxyl groups is 1. The number of hydrogen-bond acceptors (Lipinski definition) is 3. The molecule has 2 heterocycles. The molecule has 0 spiro atoms. The van der Waals surface area contributed by atoms with Crippen LogP contribution in [0.5, 0.6) is 5.75 Å². The Balaban J connectivity index is 1.35. The number of amides is 2. The van der Waals surface area contributed by atoms with E-state index in [1.54, 1.807) is 0 Å². The van der Waals surface area contributed by atoms with E-state index in [0.29, 0.717) is 13.1 Å². The van der Waals surface area contributed by atoms with Crippen molar-refractivity contribution < 1.29 is 14.6 Å². The predicted octanol–water partition coefficient (Wildman–Crippen LogP) is 3.20. The summed E-state index contributed by atoms with van der Waals surface area (Å²) in [4.78, 5) is 14.2. The third kappa shape index (κ3) is 4.08. The van der Waals surface area contributed by atoms with Gasteiger partial charge in [0.25, 0.3) is 0 Å². The second kappa shape index (κ2) is 8.01. The monoisotopic (exact) mass is 366 g/mol. The Kier molecular flexibility index (Phi) is 5.30. The number of nitrogens with one attached hydrogen (secondary N) is 1. The maximum atomic E-state index is 12.4. The lowest BCUT2D eigenvalue weighted by Gasteiger charge is -2.31. The number of likely N-dealkylation sites (tertiary alicyclic amines) is 1. The van der Waals surface area contributed by atoms with E-state index in [1.807, 2.05) is 11.0 Å². The third-order valence-corrected chi connectivity index (χ3v) is 5.48. The Morgan fingerprint density at radius 3 is 2.81 bits per heavy atom. The van der Waals surface area contributed by atoms with Crippen LogP contribution in [0.2, 0.25) is 0 Å². The van der Waals surface area contributed by atoms with Crippen molar-refractivity contribution in [1.82, 2.24) is 10.2 Å². The predicted molar refractivity (Wildman–Crippen MR) is 105 cm³/mol. The molecule has 1 atom stereocenters. The molecule has 0 saturated carbocycles. The molecule has 2 aromatic rings. The van der Waals surface area contributed by atoms with Crippen molar-refractivity contribution in [1.29, 1.82) is 0 Å². The molecule has 1 saturated heterocycles. The Morgan fingerprint density at radius 2 is 2.00 bits per heavy atom. The zero-order chi connectivity index (χ0) is 18.6. The lowest BCUT2D eigenvalue weighted by molar-refractivity contribution is 0.129. The summed E-state index contributed by atoms with van der Waals surface area (Å²) in [6, 6.07) is 14.6. The summed E-state index contributed by atoms with van der Waals surface area (Å²) in [5.74, 6) is 1.21. The highest BCUT2D eigenvalue weighted by Crippen LogP contribution is 2.30. The first-order chi connectivity index (χ1) is 13.2. The van der Waals surface area contributed by atoms with Crippen LogP contribution in [-0.4, -0.2) is 42.3 Å². The number of benzene rings is 2. The first-order valence-corrected chi connectivity index (χ1v) is 9.71. The molecule has 27 heavy (non-hydrogen) atoms. The Hall–Kier alpha value is -2.53. The van der Waals surface area contributed by atoms with Crippen LogP contribution in [0.25, 0.3) is 11.1 Å². The van der Waals surface area contributed by atoms with E-state index in [-0.39, 0.29) is 18.6 Å². The van der Waals surface area contributed by atoms with Crippen LogP contribution in [0, 0.1) is 5.92 Å². The minimum atomic E-state index is -0.0455. The third-order valence-electron chi connectivity index (χ3n) is 5.48. The summed E-state index contributed by atoms with van der Waals surface area (Å²) < 4.78 is 5.57. The van der Waals surface area contributed by atoms with E-state index >= 15 is 0 Å². The van der Waals surface area contributed by atoms with Crippen LogP contribution in [0.1, 0.15) is 24.0 Å². The average molecular weight is 366 g/mol. The molecule has 2 N–H and O–H groups in total. The largest absolute Gasteiger partial charge is 0.493 e. The number of carbonyl (C=O) groups is 1. The van der Waals surface area contributed by atoms with Gasteiger partial charge in [0.2, 0.25) is 0 Å². The summed E-state index contributed by atoms with van der Waals surface area (Å²) in [5, 5.41) is 12.3. The summed E-state index contributed by atoms with van der Waals surface area (Å²) in [5.41, 5.74) is 4.71. The zero-order valence-corrected chi connectivity index (χ0v) is 15.5. The second-order valence-corrected chi connectivity index (χ2v) is 7.41. The molecule has 2 aliphatic heterocycles. The van der Waals surface area contributed by atoms with Crippen LogP contribution in [0.3, 0.4) is 0 Å². The lowest BCUT2D eigenvalue weighted by Crippen LogP contribution is -2.45. The van der Waals surface area contributed by atoms with Gasteiger partial charge in [0.05, 0.1) is 6.61 Å². The number of fused-ring (bicyclic) bond motifs is 1. The molecular formula is C22H26N2O3. The van der Waals surface area contributed by atoms with E-state index in [0.717, 1.165) is 43.7 Å². The van der Waals surface area contributed by atoms with Gasteiger partial charge in [0.1, 0.15) is 5.75 Å². The fourth-order valence-corrected chi connectivity index (χ4v) is 3.87. The highest BCUT2D eigenvalue weighted by atomic mass is 16.5. The van der Waals surface area contributed by atoms with Crippen LogP contribution in [0.4, 0.5) is 4.79 Å². The fraction of sp³-hybridized carbons (Fsp3) is 0.409. The SMILES string of the molecule is O=C(NCc1ccc(-c2ccc3c(c2)CCO3)cc1)N1CCC[C@H](CO)C1. The van der Waals surface area contributed by atoms with Gasteiger partial charge < -0.3 is 20.1 Å². The van der Waals surface area contributed by atoms with Gasteiger partial charge in [-0.1, -0.05) is 30.3 Å². The molecule has 1 fully saturated rings. The molecule has 2 amide bonds. The van der Waals surface area contributed by atoms with Gasteiger partial charge >= 0.3 is 6.03 Å². The van der Waals surface area contributed by atoms with E-state index < -0.39 is 0 Å². The van der Waals surface area contributed by atoms with Crippen LogP contribution >= 0.6 is 0 Å². The molecule has 5 nitrogen and oxygen atoms in total. The molecule has 5 heteroatoms. The summed E-state index contributed by atoms with van der Waals surface area (Å²) in [6.45, 7) is 2.84. The van der Waals surface area contributed by atoms with Crippen molar-refractivity contribution in [2.24, 2.45) is 5.92 Å². The molecule has 2 aromatic carbocycles. The number of piperidine rings is 1. The number of hydrogen-bond donors (Lipinski definition) is 2. The highest BCUT2D eigenvalue weighted by Gasteiger charge is 2.22. The van der Waals surface area contributed by atoms with E-state index in [4.69, 9.17) is 4.74 Å². The number of aliphatic hydroxyl groups excluding tert-OH is 1. The van der Waals surface area contributed by atoms with Gasteiger partial charge in [-0.3, -0.25) is 0 Å². The van der Waals surface area contributed by atoms with Gasteiger partial charge in [-0.15, -0.1) is 0 Å². The quantitative estimate of drug-likeness (QED) is 0.873. The molecule has 142 valence electrons. The molecule has 0 aliphatic carbocycles. The van der Waals surface area contributed by atoms with Gasteiger partial charge in [-0.25, -0.2) is 4.79 Å². The van der Waals surface area contributed by atoms with Crippen LogP contribution in [0.15, 0.2) is 42.5 Å². The first-order valence-electron chi connectivity index (χ1n) is 9.71. The number of carbonyl (C=O) groups excluding carboxylic acids is 1. The molecule has 0 unspecified atom stereocenters. The summed E-state index contributed by atoms with van der Waals surface area (Å²) in [7, 11) is 0. The van der Waals surface area contributed by atoms with Crippen molar-refractivity contribution in [2.75, 3.05) is 26.3 Å². The maximum absolute atomic E-state index is 12.4. The average Bonchev–Trinajstić information content (AvgIpc) is 3.20. The Bertz CT molecular complexity index is 804. The van der Waals surface area contributed by atoms with Crippen molar-refractivity contribution in [3.8, 4) is 16.9 Å². The maximum Gasteiger partial charge on any atom is 0.317 e. The topological polar surface area (TPSA) is 61.8 Å². The van der Waals surface area contributed by atoms with Crippen LogP contribution < -0.4 is 10.1 Å². The van der Waals surface area contributed by atoms with Gasteiger partial charge in [0.15, 0.2) is 0 Å². The number of urea groups is 1. The smallest absolute Gasteiger partial charge is 0.317 e. The molecule has 4 rings (SSSR count). The van der Waals surface area contributed by atoms with Gasteiger partial charge in [0, 0.05) is 32.7 Å². The highest BCUT2D eigenvalue weighted by molar-refractivity contribution is 5.74. The number of ether oxygens (including phenoxy) is 1. The van der Waals surface area contributed by atoms with Crippen molar-refractivity contribution >= 4 is 6.03 Å². The number of rotatable bonds is 4. The fourth-order valence-electron chi connectivity index (χ4n) is 3.87. The van der Waals surface area contributed by atoms with E-state index in [9.17, 15) is 9.90 Å². The molecular weight excluding hydrogens is 340 g/mol. The standard InChI is InChI=1S/C22H26N2O3/c25-15-17-2-1-10-24(14-17)22(26)23-13-16-3-5-18(6-4-16)19-7-8-21-20(12-19)9-11-27-21/h3-8,12,17,25H,1-2,9-11,13-15H2,(H,23,26)/t17-/m0/s1. The van der Waals surface area contributed by atoms with Gasteiger partial charge in [-0.05, 0) is 53.1 Å². The van der Waals surface area contributed by atoms with E-state index in [1.165, 1.54) is 16.7 Å². The minimum Gasteiger partial charge on any atom is -0.493 e. The molecule has 0 bridgehead atoms. The lowest BCUT2D eigenvalue weighted by atomic mass is 9.99. The Morgan fingerprint density at radius 1 is 1.19 bits per heavy atom. The number of nitrogens with zero attached hydrogens (tertiary/aromatic N) is 1. The summed E-state index contributed by atoms with van der Waals surface area (Å²) >= 11 is 0. The Labute approximate surface area is 160 Å². The second-order valence-electron chi connectivity index (χ2n) is 7.41. The minimum absolute atomic E-state index is 0.0455. The first kappa shape index (κ1) is 17.9. The van der Waals surface area contributed by atoms with E-state index in [2.05, 4.69) is 41.7 Å². The van der Waals surface area contributed by atoms with Crippen molar-refractivity contribution in [2.45, 2.75) is 25.8 Å². The zero-order valence-electron chi connectivity index (χ0n) is 15.5. The summed E-state index contributed by atoms with van der Waals surface area (Å²) in [6.07, 6.45) is 2.93.